The van der Waals surface area contributed by atoms with E-state index in [9.17, 15) is 19.5 Å². The van der Waals surface area contributed by atoms with Gasteiger partial charge >= 0.3 is 5.97 Å². The molecule has 0 radical (unpaired) electrons. The molecule has 0 bridgehead atoms. The molecular weight excluding hydrogens is 562 g/mol. The van der Waals surface area contributed by atoms with E-state index in [0.717, 1.165) is 22.0 Å². The van der Waals surface area contributed by atoms with Crippen molar-refractivity contribution in [2.24, 2.45) is 0 Å². The van der Waals surface area contributed by atoms with Crippen LogP contribution in [0.25, 0.3) is 22.0 Å². The normalized spacial score (nSPS) is 11.4. The minimum absolute atomic E-state index is 0.0468. The van der Waals surface area contributed by atoms with Crippen LogP contribution in [0.3, 0.4) is 0 Å². The van der Waals surface area contributed by atoms with E-state index in [1.165, 1.54) is 5.56 Å². The number of aliphatic carboxylic acids is 1. The molecule has 1 heterocycles. The zero-order valence-electron chi connectivity index (χ0n) is 26.0. The average Bonchev–Trinajstić information content (AvgIpc) is 3.46. The van der Waals surface area contributed by atoms with E-state index < -0.39 is 5.97 Å². The Hall–Kier alpha value is -5.17. The van der Waals surface area contributed by atoms with Crippen molar-refractivity contribution in [3.63, 3.8) is 0 Å². The van der Waals surface area contributed by atoms with Gasteiger partial charge < -0.3 is 20.3 Å². The van der Waals surface area contributed by atoms with Crippen LogP contribution in [0.1, 0.15) is 64.6 Å². The third-order valence-corrected chi connectivity index (χ3v) is 8.10. The van der Waals surface area contributed by atoms with Gasteiger partial charge in [0.1, 0.15) is 0 Å². The summed E-state index contributed by atoms with van der Waals surface area (Å²) in [6.07, 6.45) is 2.33. The SMILES string of the molecule is CC(C)(C)c1ccc(CNC(=O)c2ccccc2-c2ccccc2C(=O)N(CCC(=O)O)CCc2c[nH]c3ccccc23)cc1. The van der Waals surface area contributed by atoms with E-state index in [0.29, 0.717) is 41.8 Å². The van der Waals surface area contributed by atoms with Crippen molar-refractivity contribution in [1.82, 2.24) is 15.2 Å². The highest BCUT2D eigenvalue weighted by Gasteiger charge is 2.23. The first-order valence-electron chi connectivity index (χ1n) is 15.2. The number of fused-ring (bicyclic) bond motifs is 1. The lowest BCUT2D eigenvalue weighted by Crippen LogP contribution is -2.35. The van der Waals surface area contributed by atoms with E-state index in [4.69, 9.17) is 0 Å². The number of rotatable bonds is 11. The fourth-order valence-electron chi connectivity index (χ4n) is 5.53. The molecule has 0 unspecified atom stereocenters. The van der Waals surface area contributed by atoms with Crippen molar-refractivity contribution in [3.05, 3.63) is 131 Å². The molecule has 1 aromatic heterocycles. The summed E-state index contributed by atoms with van der Waals surface area (Å²) in [7, 11) is 0. The largest absolute Gasteiger partial charge is 0.481 e. The Morgan fingerprint density at radius 1 is 0.778 bits per heavy atom. The van der Waals surface area contributed by atoms with Gasteiger partial charge in [-0.25, -0.2) is 0 Å². The molecule has 4 aromatic carbocycles. The van der Waals surface area contributed by atoms with Crippen LogP contribution in [0.4, 0.5) is 0 Å². The van der Waals surface area contributed by atoms with E-state index in [1.807, 2.05) is 66.9 Å². The summed E-state index contributed by atoms with van der Waals surface area (Å²) in [4.78, 5) is 44.0. The van der Waals surface area contributed by atoms with Crippen LogP contribution in [0.2, 0.25) is 0 Å². The highest BCUT2D eigenvalue weighted by Crippen LogP contribution is 2.29. The number of carbonyl (C=O) groups excluding carboxylic acids is 2. The highest BCUT2D eigenvalue weighted by molar-refractivity contribution is 6.06. The molecule has 0 spiro atoms. The minimum atomic E-state index is -0.969. The molecule has 0 atom stereocenters. The van der Waals surface area contributed by atoms with Crippen LogP contribution in [0.15, 0.2) is 103 Å². The lowest BCUT2D eigenvalue weighted by Gasteiger charge is -2.24. The van der Waals surface area contributed by atoms with Crippen molar-refractivity contribution < 1.29 is 19.5 Å². The maximum atomic E-state index is 14.1. The van der Waals surface area contributed by atoms with E-state index in [1.54, 1.807) is 29.2 Å². The third kappa shape index (κ3) is 7.50. The lowest BCUT2D eigenvalue weighted by molar-refractivity contribution is -0.137. The van der Waals surface area contributed by atoms with Crippen molar-refractivity contribution in [2.45, 2.75) is 45.6 Å². The molecule has 45 heavy (non-hydrogen) atoms. The number of nitrogens with zero attached hydrogens (tertiary/aromatic N) is 1. The molecular formula is C38H39N3O4. The number of carboxylic acid groups (broad SMARTS) is 1. The molecule has 0 aliphatic heterocycles. The van der Waals surface area contributed by atoms with E-state index in [-0.39, 0.29) is 30.2 Å². The van der Waals surface area contributed by atoms with Gasteiger partial charge in [0.05, 0.1) is 6.42 Å². The van der Waals surface area contributed by atoms with Gasteiger partial charge in [-0.1, -0.05) is 99.6 Å². The van der Waals surface area contributed by atoms with Crippen molar-refractivity contribution in [1.29, 1.82) is 0 Å². The summed E-state index contributed by atoms with van der Waals surface area (Å²) >= 11 is 0. The fraction of sp³-hybridized carbons (Fsp3) is 0.237. The van der Waals surface area contributed by atoms with Crippen LogP contribution in [-0.2, 0) is 23.2 Å². The Morgan fingerprint density at radius 2 is 1.40 bits per heavy atom. The molecule has 0 fully saturated rings. The Balaban J connectivity index is 1.38. The zero-order valence-corrected chi connectivity index (χ0v) is 26.0. The molecule has 0 aliphatic rings. The number of aromatic amines is 1. The topological polar surface area (TPSA) is 102 Å². The number of nitrogens with one attached hydrogen (secondary N) is 2. The fourth-order valence-corrected chi connectivity index (χ4v) is 5.53. The molecule has 230 valence electrons. The molecule has 7 heteroatoms. The van der Waals surface area contributed by atoms with Gasteiger partial charge in [0.25, 0.3) is 11.8 Å². The minimum Gasteiger partial charge on any atom is -0.481 e. The molecule has 3 N–H and O–H groups in total. The molecule has 5 aromatic rings. The van der Waals surface area contributed by atoms with Crippen LogP contribution < -0.4 is 5.32 Å². The number of hydrogen-bond acceptors (Lipinski definition) is 3. The third-order valence-electron chi connectivity index (χ3n) is 8.10. The second-order valence-electron chi connectivity index (χ2n) is 12.3. The second kappa shape index (κ2) is 13.6. The first-order chi connectivity index (χ1) is 21.6. The summed E-state index contributed by atoms with van der Waals surface area (Å²) in [6.45, 7) is 7.28. The smallest absolute Gasteiger partial charge is 0.305 e. The van der Waals surface area contributed by atoms with Crippen molar-refractivity contribution in [3.8, 4) is 11.1 Å². The highest BCUT2D eigenvalue weighted by atomic mass is 16.4. The van der Waals surface area contributed by atoms with Gasteiger partial charge in [0, 0.05) is 47.9 Å². The van der Waals surface area contributed by atoms with Gasteiger partial charge in [-0.15, -0.1) is 0 Å². The molecule has 2 amide bonds. The van der Waals surface area contributed by atoms with Gasteiger partial charge in [0.15, 0.2) is 0 Å². The predicted molar refractivity (Wildman–Crippen MR) is 178 cm³/mol. The van der Waals surface area contributed by atoms with Crippen LogP contribution in [0, 0.1) is 0 Å². The van der Waals surface area contributed by atoms with Gasteiger partial charge in [0.2, 0.25) is 0 Å². The van der Waals surface area contributed by atoms with Gasteiger partial charge in [-0.3, -0.25) is 14.4 Å². The Kier molecular flexibility index (Phi) is 9.48. The number of amides is 2. The summed E-state index contributed by atoms with van der Waals surface area (Å²) in [5, 5.41) is 13.5. The molecule has 0 saturated heterocycles. The summed E-state index contributed by atoms with van der Waals surface area (Å²) in [5.41, 5.74) is 6.47. The number of benzene rings is 4. The number of para-hydroxylation sites is 1. The zero-order chi connectivity index (χ0) is 32.0. The molecule has 5 rings (SSSR count). The number of carbonyl (C=O) groups is 3. The van der Waals surface area contributed by atoms with Crippen LogP contribution in [0.5, 0.6) is 0 Å². The first-order valence-corrected chi connectivity index (χ1v) is 15.2. The molecule has 0 aliphatic carbocycles. The maximum Gasteiger partial charge on any atom is 0.305 e. The summed E-state index contributed by atoms with van der Waals surface area (Å²) in [6, 6.07) is 30.7. The summed E-state index contributed by atoms with van der Waals surface area (Å²) < 4.78 is 0. The number of hydrogen-bond donors (Lipinski definition) is 3. The van der Waals surface area contributed by atoms with Crippen LogP contribution >= 0.6 is 0 Å². The monoisotopic (exact) mass is 601 g/mol. The predicted octanol–water partition coefficient (Wildman–Crippen LogP) is 7.22. The number of carboxylic acids is 1. The number of H-pyrrole nitrogens is 1. The van der Waals surface area contributed by atoms with E-state index in [2.05, 4.69) is 43.2 Å². The second-order valence-corrected chi connectivity index (χ2v) is 12.3. The molecule has 7 nitrogen and oxygen atoms in total. The van der Waals surface area contributed by atoms with Gasteiger partial charge in [-0.2, -0.15) is 0 Å². The number of aromatic nitrogens is 1. The standard InChI is InChI=1S/C38H39N3O4/c1-38(2,3)28-18-16-26(17-19-28)24-40-36(44)32-13-6-4-11-30(32)31-12-5-7-14-33(31)37(45)41(23-21-35(42)43)22-20-27-25-39-34-15-9-8-10-29(27)34/h4-19,25,39H,20-24H2,1-3H3,(H,40,44)(H,42,43). The Morgan fingerprint density at radius 3 is 2.09 bits per heavy atom. The first kappa shape index (κ1) is 31.3. The van der Waals surface area contributed by atoms with E-state index >= 15 is 0 Å². The summed E-state index contributed by atoms with van der Waals surface area (Å²) in [5.74, 6) is -1.49. The molecule has 0 saturated carbocycles. The van der Waals surface area contributed by atoms with Crippen molar-refractivity contribution >= 4 is 28.7 Å². The Labute approximate surface area is 263 Å². The lowest BCUT2D eigenvalue weighted by atomic mass is 9.87. The quantitative estimate of drug-likeness (QED) is 0.149. The maximum absolute atomic E-state index is 14.1. The van der Waals surface area contributed by atoms with Gasteiger partial charge in [-0.05, 0) is 57.9 Å². The van der Waals surface area contributed by atoms with Crippen LogP contribution in [-0.4, -0.2) is 45.9 Å². The average molecular weight is 602 g/mol. The Bertz CT molecular complexity index is 1820. The van der Waals surface area contributed by atoms with Crippen molar-refractivity contribution in [2.75, 3.05) is 13.1 Å².